The molecule has 0 aliphatic carbocycles. The third-order valence-electron chi connectivity index (χ3n) is 8.14. The minimum absolute atomic E-state index is 0.0558. The molecule has 0 bridgehead atoms. The first kappa shape index (κ1) is 46.1. The molecule has 21 nitrogen and oxygen atoms in total. The number of azide groups is 1. The quantitative estimate of drug-likeness (QED) is 0.0301. The summed E-state index contributed by atoms with van der Waals surface area (Å²) in [6, 6.07) is 8.65. The van der Waals surface area contributed by atoms with Gasteiger partial charge in [0.05, 0.1) is 51.7 Å². The summed E-state index contributed by atoms with van der Waals surface area (Å²) in [6.45, 7) is 4.11. The van der Waals surface area contributed by atoms with Crippen molar-refractivity contribution in [2.24, 2.45) is 16.3 Å². The Bertz CT molecular complexity index is 1710. The van der Waals surface area contributed by atoms with Gasteiger partial charge in [0.2, 0.25) is 6.29 Å². The monoisotopic (exact) mass is 815 g/mol. The van der Waals surface area contributed by atoms with Crippen molar-refractivity contribution in [1.82, 2.24) is 5.32 Å². The molecular formula is C34H49N5O16S. The number of nitrogens with one attached hydrogen (secondary N) is 1. The van der Waals surface area contributed by atoms with Crippen LogP contribution >= 0.6 is 0 Å². The Morgan fingerprint density at radius 3 is 2.21 bits per heavy atom. The van der Waals surface area contributed by atoms with E-state index >= 15 is 0 Å². The fourth-order valence-electron chi connectivity index (χ4n) is 5.18. The molecule has 1 aliphatic rings. The maximum Gasteiger partial charge on any atom is 0.501 e. The Balaban J connectivity index is 1.66. The van der Waals surface area contributed by atoms with Gasteiger partial charge < -0.3 is 68.6 Å². The van der Waals surface area contributed by atoms with Gasteiger partial charge >= 0.3 is 16.4 Å². The lowest BCUT2D eigenvalue weighted by molar-refractivity contribution is -0.277. The van der Waals surface area contributed by atoms with Crippen LogP contribution in [-0.4, -0.2) is 142 Å². The zero-order chi connectivity index (χ0) is 41.3. The Morgan fingerprint density at radius 1 is 0.946 bits per heavy atom. The van der Waals surface area contributed by atoms with Gasteiger partial charge in [0.1, 0.15) is 30.2 Å². The fourth-order valence-corrected chi connectivity index (χ4v) is 5.91. The Labute approximate surface area is 323 Å². The molecule has 22 heteroatoms. The largest absolute Gasteiger partial charge is 0.501 e. The second kappa shape index (κ2) is 22.4. The average Bonchev–Trinajstić information content (AvgIpc) is 3.14. The zero-order valence-electron chi connectivity index (χ0n) is 30.8. The van der Waals surface area contributed by atoms with E-state index in [0.29, 0.717) is 25.2 Å². The molecule has 0 spiro atoms. The molecule has 1 amide bonds. The number of ether oxygens (including phenoxy) is 5. The number of carboxylic acids is 1. The van der Waals surface area contributed by atoms with Gasteiger partial charge in [0.15, 0.2) is 11.5 Å². The number of carbonyl (C=O) groups is 2. The second-order valence-corrected chi connectivity index (χ2v) is 14.3. The molecule has 0 saturated carbocycles. The van der Waals surface area contributed by atoms with Crippen molar-refractivity contribution in [3.05, 3.63) is 64.0 Å². The third kappa shape index (κ3) is 15.0. The highest BCUT2D eigenvalue weighted by molar-refractivity contribution is 7.82. The number of carboxylic acid groups (broad SMARTS) is 1. The molecule has 1 saturated heterocycles. The first-order valence-electron chi connectivity index (χ1n) is 17.4. The van der Waals surface area contributed by atoms with Crippen LogP contribution in [0.15, 0.2) is 47.6 Å². The van der Waals surface area contributed by atoms with Crippen molar-refractivity contribution in [2.45, 2.75) is 63.4 Å². The summed E-state index contributed by atoms with van der Waals surface area (Å²) in [7, 11) is -4.94. The van der Waals surface area contributed by atoms with Gasteiger partial charge in [-0.15, -0.1) is 8.42 Å². The minimum atomic E-state index is -4.94. The van der Waals surface area contributed by atoms with Gasteiger partial charge in [0, 0.05) is 29.6 Å². The van der Waals surface area contributed by atoms with Crippen molar-refractivity contribution < 1.29 is 75.6 Å². The van der Waals surface area contributed by atoms with E-state index in [9.17, 15) is 43.5 Å². The Morgan fingerprint density at radius 2 is 1.59 bits per heavy atom. The third-order valence-corrected chi connectivity index (χ3v) is 8.92. The molecule has 1 aliphatic heterocycles. The topological polar surface area (TPSA) is 321 Å². The van der Waals surface area contributed by atoms with E-state index in [1.807, 2.05) is 0 Å². The average molecular weight is 816 g/mol. The maximum atomic E-state index is 13.1. The summed E-state index contributed by atoms with van der Waals surface area (Å²) < 4.78 is 63.6. The summed E-state index contributed by atoms with van der Waals surface area (Å²) in [5, 5.41) is 55.7. The summed E-state index contributed by atoms with van der Waals surface area (Å²) in [6.07, 6.45) is -7.93. The number of aliphatic hydroxyl groups is 4. The molecule has 6 atom stereocenters. The van der Waals surface area contributed by atoms with E-state index in [1.54, 1.807) is 26.0 Å². The van der Waals surface area contributed by atoms with Crippen molar-refractivity contribution in [3.63, 3.8) is 0 Å². The van der Waals surface area contributed by atoms with Crippen molar-refractivity contribution >= 4 is 22.3 Å². The smallest absolute Gasteiger partial charge is 0.481 e. The SMILES string of the molecule is CC(C)(C[C@@H](N)Cc1ccc(OS(=O)(=O)Oc2cc(C(=O)NCCOCCOCCOCCN=[N+]=[N-])ccc2O[C@@H]2O[C@H](CO)[C@H](O)[C@H](O)[C@H]2O)cc1)C(=O)O. The number of hydrogen-bond acceptors (Lipinski definition) is 17. The highest BCUT2D eigenvalue weighted by Crippen LogP contribution is 2.34. The standard InChI is InChI=1S/C34H49N5O16S/c1-34(2,33(45)46)19-23(35)17-21-3-6-24(7-4-21)54-56(47,48)55-26-18-22(5-8-25(26)52-32-30(43)29(42)28(41)27(20-40)53-32)31(44)37-9-11-49-13-15-51-16-14-50-12-10-38-39-36/h3-8,18,23,27-30,32,40-43H,9-17,19-20,35H2,1-2H3,(H,37,44)(H,45,46)/t23-,27+,28-,29-,30+,32+/m0/s1. The summed E-state index contributed by atoms with van der Waals surface area (Å²) in [5.41, 5.74) is 13.9. The number of nitrogens with two attached hydrogens (primary N) is 1. The van der Waals surface area contributed by atoms with Gasteiger partial charge in [-0.1, -0.05) is 17.2 Å². The van der Waals surface area contributed by atoms with Crippen LogP contribution in [0.3, 0.4) is 0 Å². The minimum Gasteiger partial charge on any atom is -0.481 e. The van der Waals surface area contributed by atoms with Gasteiger partial charge in [-0.05, 0) is 68.1 Å². The van der Waals surface area contributed by atoms with Gasteiger partial charge in [-0.2, -0.15) is 0 Å². The number of aliphatic hydroxyl groups excluding tert-OH is 4. The van der Waals surface area contributed by atoms with E-state index in [-0.39, 0.29) is 57.3 Å². The van der Waals surface area contributed by atoms with Gasteiger partial charge in [-0.3, -0.25) is 9.59 Å². The Hall–Kier alpha value is -4.32. The van der Waals surface area contributed by atoms with Crippen LogP contribution in [0.2, 0.25) is 0 Å². The molecule has 0 aromatic heterocycles. The van der Waals surface area contributed by atoms with Crippen molar-refractivity contribution in [2.75, 3.05) is 59.3 Å². The molecule has 3 rings (SSSR count). The maximum absolute atomic E-state index is 13.1. The summed E-state index contributed by atoms with van der Waals surface area (Å²) in [5.74, 6) is -2.80. The van der Waals surface area contributed by atoms with Crippen LogP contribution in [0.25, 0.3) is 10.4 Å². The predicted octanol–water partition coefficient (Wildman–Crippen LogP) is 0.0285. The van der Waals surface area contributed by atoms with E-state index in [1.165, 1.54) is 18.2 Å². The molecule has 2 aromatic carbocycles. The summed E-state index contributed by atoms with van der Waals surface area (Å²) >= 11 is 0. The van der Waals surface area contributed by atoms with E-state index in [0.717, 1.165) is 12.1 Å². The van der Waals surface area contributed by atoms with E-state index < -0.39 is 82.5 Å². The lowest BCUT2D eigenvalue weighted by atomic mass is 9.84. The number of nitrogens with zero attached hydrogens (tertiary/aromatic N) is 3. The molecule has 56 heavy (non-hydrogen) atoms. The van der Waals surface area contributed by atoms with Crippen LogP contribution in [0.1, 0.15) is 36.2 Å². The lowest BCUT2D eigenvalue weighted by Crippen LogP contribution is -2.60. The highest BCUT2D eigenvalue weighted by Gasteiger charge is 2.45. The number of benzene rings is 2. The van der Waals surface area contributed by atoms with Crippen molar-refractivity contribution in [3.8, 4) is 17.2 Å². The number of amides is 1. The summed E-state index contributed by atoms with van der Waals surface area (Å²) in [4.78, 5) is 27.1. The normalized spacial score (nSPS) is 20.4. The number of rotatable bonds is 25. The predicted molar refractivity (Wildman–Crippen MR) is 194 cm³/mol. The number of carbonyl (C=O) groups excluding carboxylic acids is 1. The molecule has 0 radical (unpaired) electrons. The lowest BCUT2D eigenvalue weighted by Gasteiger charge is -2.39. The number of hydrogen-bond donors (Lipinski definition) is 7. The first-order chi connectivity index (χ1) is 26.6. The number of aliphatic carboxylic acids is 1. The van der Waals surface area contributed by atoms with Crippen LogP contribution in [-0.2, 0) is 40.6 Å². The van der Waals surface area contributed by atoms with Crippen molar-refractivity contribution in [1.29, 1.82) is 0 Å². The van der Waals surface area contributed by atoms with Crippen LogP contribution in [0.4, 0.5) is 0 Å². The zero-order valence-corrected chi connectivity index (χ0v) is 31.7. The molecule has 8 N–H and O–H groups in total. The second-order valence-electron chi connectivity index (χ2n) is 13.1. The van der Waals surface area contributed by atoms with Gasteiger partial charge in [0.25, 0.3) is 5.91 Å². The van der Waals surface area contributed by atoms with E-state index in [4.69, 9.17) is 43.3 Å². The molecule has 2 aromatic rings. The first-order valence-corrected chi connectivity index (χ1v) is 18.8. The van der Waals surface area contributed by atoms with E-state index in [2.05, 4.69) is 15.3 Å². The molecular weight excluding hydrogens is 766 g/mol. The highest BCUT2D eigenvalue weighted by atomic mass is 32.3. The van der Waals surface area contributed by atoms with Crippen LogP contribution < -0.4 is 24.2 Å². The fraction of sp³-hybridized carbons (Fsp3) is 0.588. The molecule has 312 valence electrons. The van der Waals surface area contributed by atoms with Crippen LogP contribution in [0.5, 0.6) is 17.2 Å². The molecule has 1 fully saturated rings. The van der Waals surface area contributed by atoms with Gasteiger partial charge in [-0.25, -0.2) is 0 Å². The van der Waals surface area contributed by atoms with Crippen LogP contribution in [0, 0.1) is 5.41 Å². The molecule has 0 unspecified atom stereocenters. The molecule has 1 heterocycles. The Kier molecular flexibility index (Phi) is 18.4.